The SMILES string of the molecule is CCNCC(O)C(O)C(O)C(O)CO.O=C(O)Cn1c2ccccc2c(=O)c2ccccc21. The van der Waals surface area contributed by atoms with E-state index in [1.165, 1.54) is 0 Å². The van der Waals surface area contributed by atoms with Gasteiger partial charge in [-0.1, -0.05) is 31.2 Å². The van der Waals surface area contributed by atoms with E-state index >= 15 is 0 Å². The lowest BCUT2D eigenvalue weighted by atomic mass is 10.0. The van der Waals surface area contributed by atoms with E-state index in [-0.39, 0.29) is 18.5 Å². The summed E-state index contributed by atoms with van der Waals surface area (Å²) in [7, 11) is 0. The fourth-order valence-electron chi connectivity index (χ4n) is 3.36. The maximum Gasteiger partial charge on any atom is 0.323 e. The molecule has 10 nitrogen and oxygen atoms in total. The van der Waals surface area contributed by atoms with Crippen LogP contribution in [0.4, 0.5) is 0 Å². The first-order valence-corrected chi connectivity index (χ1v) is 10.5. The van der Waals surface area contributed by atoms with Crippen LogP contribution in [-0.4, -0.2) is 85.3 Å². The molecule has 0 aliphatic carbocycles. The lowest BCUT2D eigenvalue weighted by Crippen LogP contribution is -2.49. The Hall–Kier alpha value is -2.86. The maximum absolute atomic E-state index is 12.4. The third-order valence-electron chi connectivity index (χ3n) is 5.10. The molecule has 0 saturated heterocycles. The van der Waals surface area contributed by atoms with Crippen LogP contribution in [-0.2, 0) is 11.3 Å². The Balaban J connectivity index is 0.000000248. The second kappa shape index (κ2) is 12.4. The minimum absolute atomic E-state index is 0.0622. The summed E-state index contributed by atoms with van der Waals surface area (Å²) in [5.74, 6) is -0.932. The van der Waals surface area contributed by atoms with Crippen LogP contribution in [0, 0.1) is 0 Å². The number of carboxylic acids is 1. The summed E-state index contributed by atoms with van der Waals surface area (Å²) in [5, 5.41) is 58.2. The second-order valence-corrected chi connectivity index (χ2v) is 7.45. The summed E-state index contributed by atoms with van der Waals surface area (Å²) in [6.45, 7) is 1.75. The van der Waals surface area contributed by atoms with Crippen LogP contribution in [0.15, 0.2) is 53.3 Å². The summed E-state index contributed by atoms with van der Waals surface area (Å²) in [6, 6.07) is 14.2. The zero-order valence-electron chi connectivity index (χ0n) is 18.2. The molecule has 0 amide bonds. The second-order valence-electron chi connectivity index (χ2n) is 7.45. The molecule has 7 N–H and O–H groups in total. The summed E-state index contributed by atoms with van der Waals surface area (Å²) in [4.78, 5) is 23.4. The predicted molar refractivity (Wildman–Crippen MR) is 123 cm³/mol. The number of nitrogens with one attached hydrogen (secondary N) is 1. The molecule has 10 heteroatoms. The molecule has 0 aliphatic rings. The fraction of sp³-hybridized carbons (Fsp3) is 0.391. The van der Waals surface area contributed by atoms with E-state index in [1.54, 1.807) is 53.1 Å². The largest absolute Gasteiger partial charge is 0.480 e. The highest BCUT2D eigenvalue weighted by Crippen LogP contribution is 2.18. The Bertz CT molecular complexity index is 1060. The molecule has 0 spiro atoms. The van der Waals surface area contributed by atoms with Gasteiger partial charge in [-0.2, -0.15) is 0 Å². The average Bonchev–Trinajstić information content (AvgIpc) is 2.83. The number of nitrogens with zero attached hydrogens (tertiary/aromatic N) is 1. The van der Waals surface area contributed by atoms with Gasteiger partial charge >= 0.3 is 5.97 Å². The smallest absolute Gasteiger partial charge is 0.323 e. The molecule has 4 atom stereocenters. The standard InChI is InChI=1S/C15H11NO3.C8H19NO5/c17-14(18)9-16-12-7-3-1-5-10(12)15(19)11-6-2-4-8-13(11)16;1-2-9-3-5(11)7(13)8(14)6(12)4-10/h1-8H,9H2,(H,17,18);5-14H,2-4H2,1H3. The monoisotopic (exact) mass is 462 g/mol. The van der Waals surface area contributed by atoms with Crippen molar-refractivity contribution in [1.29, 1.82) is 0 Å². The minimum atomic E-state index is -1.55. The van der Waals surface area contributed by atoms with Crippen molar-refractivity contribution < 1.29 is 35.4 Å². The van der Waals surface area contributed by atoms with Gasteiger partial charge in [0.2, 0.25) is 0 Å². The van der Waals surface area contributed by atoms with Crippen molar-refractivity contribution in [3.63, 3.8) is 0 Å². The van der Waals surface area contributed by atoms with Gasteiger partial charge in [-0.25, -0.2) is 0 Å². The highest BCUT2D eigenvalue weighted by molar-refractivity contribution is 5.94. The number of para-hydroxylation sites is 2. The molecule has 0 aliphatic heterocycles. The van der Waals surface area contributed by atoms with Gasteiger partial charge in [0, 0.05) is 17.3 Å². The Labute approximate surface area is 190 Å². The fourth-order valence-corrected chi connectivity index (χ4v) is 3.36. The number of hydrogen-bond acceptors (Lipinski definition) is 8. The van der Waals surface area contributed by atoms with Crippen molar-refractivity contribution in [2.75, 3.05) is 19.7 Å². The Morgan fingerprint density at radius 2 is 1.39 bits per heavy atom. The van der Waals surface area contributed by atoms with E-state index in [9.17, 15) is 24.9 Å². The van der Waals surface area contributed by atoms with E-state index in [0.717, 1.165) is 0 Å². The lowest BCUT2D eigenvalue weighted by molar-refractivity contribution is -0.137. The number of carbonyl (C=O) groups is 1. The molecule has 3 aromatic rings. The molecule has 1 heterocycles. The van der Waals surface area contributed by atoms with Crippen LogP contribution < -0.4 is 10.7 Å². The van der Waals surface area contributed by atoms with Gasteiger partial charge in [-0.3, -0.25) is 9.59 Å². The van der Waals surface area contributed by atoms with Gasteiger partial charge in [0.25, 0.3) is 0 Å². The van der Waals surface area contributed by atoms with Crippen LogP contribution in [0.1, 0.15) is 6.92 Å². The van der Waals surface area contributed by atoms with E-state index in [0.29, 0.717) is 28.4 Å². The number of fused-ring (bicyclic) bond motifs is 2. The normalized spacial score (nSPS) is 14.8. The zero-order valence-corrected chi connectivity index (χ0v) is 18.2. The van der Waals surface area contributed by atoms with Crippen molar-refractivity contribution >= 4 is 27.8 Å². The minimum Gasteiger partial charge on any atom is -0.480 e. The molecule has 0 saturated carbocycles. The Morgan fingerprint density at radius 1 is 0.909 bits per heavy atom. The third kappa shape index (κ3) is 6.57. The van der Waals surface area contributed by atoms with Gasteiger partial charge < -0.3 is 40.5 Å². The van der Waals surface area contributed by atoms with Crippen LogP contribution >= 0.6 is 0 Å². The molecule has 1 aromatic heterocycles. The third-order valence-corrected chi connectivity index (χ3v) is 5.10. The van der Waals surface area contributed by atoms with Crippen molar-refractivity contribution in [2.45, 2.75) is 37.9 Å². The van der Waals surface area contributed by atoms with Gasteiger partial charge in [-0.15, -0.1) is 0 Å². The van der Waals surface area contributed by atoms with E-state index in [4.69, 9.17) is 15.3 Å². The first-order valence-electron chi connectivity index (χ1n) is 10.5. The maximum atomic E-state index is 12.4. The van der Waals surface area contributed by atoms with Crippen LogP contribution in [0.2, 0.25) is 0 Å². The number of hydrogen-bond donors (Lipinski definition) is 7. The van der Waals surface area contributed by atoms with Gasteiger partial charge in [0.1, 0.15) is 24.9 Å². The summed E-state index contributed by atoms with van der Waals surface area (Å²) < 4.78 is 1.66. The number of aliphatic hydroxyl groups excluding tert-OH is 5. The quantitative estimate of drug-likeness (QED) is 0.202. The molecule has 0 radical (unpaired) electrons. The average molecular weight is 462 g/mol. The summed E-state index contributed by atoms with van der Waals surface area (Å²) >= 11 is 0. The number of benzene rings is 2. The first-order chi connectivity index (χ1) is 15.7. The molecule has 2 aromatic carbocycles. The van der Waals surface area contributed by atoms with Crippen molar-refractivity contribution in [2.24, 2.45) is 0 Å². The molecule has 0 fully saturated rings. The molecular formula is C23H30N2O8. The topological polar surface area (TPSA) is 172 Å². The summed E-state index contributed by atoms with van der Waals surface area (Å²) in [6.07, 6.45) is -5.64. The number of aliphatic carboxylic acids is 1. The molecule has 33 heavy (non-hydrogen) atoms. The molecule has 4 unspecified atom stereocenters. The van der Waals surface area contributed by atoms with Gasteiger partial charge in [0.15, 0.2) is 5.43 Å². The number of rotatable bonds is 9. The zero-order chi connectivity index (χ0) is 24.5. The highest BCUT2D eigenvalue weighted by Gasteiger charge is 2.29. The van der Waals surface area contributed by atoms with Crippen LogP contribution in [0.25, 0.3) is 21.8 Å². The first kappa shape index (κ1) is 26.4. The van der Waals surface area contributed by atoms with E-state index in [1.807, 2.05) is 6.92 Å². The number of carboxylic acid groups (broad SMARTS) is 1. The van der Waals surface area contributed by atoms with Crippen LogP contribution in [0.5, 0.6) is 0 Å². The van der Waals surface area contributed by atoms with Gasteiger partial charge in [0.05, 0.1) is 23.7 Å². The molecule has 180 valence electrons. The Kier molecular flexibility index (Phi) is 9.92. The number of aromatic nitrogens is 1. The predicted octanol–water partition coefficient (Wildman–Crippen LogP) is -0.729. The number of likely N-dealkylation sites (N-methyl/N-ethyl adjacent to an activating group) is 1. The number of aliphatic hydroxyl groups is 5. The van der Waals surface area contributed by atoms with E-state index in [2.05, 4.69) is 5.32 Å². The van der Waals surface area contributed by atoms with Crippen molar-refractivity contribution in [1.82, 2.24) is 9.88 Å². The molecule has 0 bridgehead atoms. The van der Waals surface area contributed by atoms with Crippen molar-refractivity contribution in [3.05, 3.63) is 58.8 Å². The Morgan fingerprint density at radius 3 is 1.85 bits per heavy atom. The van der Waals surface area contributed by atoms with Gasteiger partial charge in [-0.05, 0) is 30.8 Å². The number of pyridine rings is 1. The van der Waals surface area contributed by atoms with Crippen molar-refractivity contribution in [3.8, 4) is 0 Å². The highest BCUT2D eigenvalue weighted by atomic mass is 16.4. The molecule has 3 rings (SSSR count). The van der Waals surface area contributed by atoms with E-state index < -0.39 is 37.0 Å². The molecular weight excluding hydrogens is 432 g/mol. The van der Waals surface area contributed by atoms with Crippen LogP contribution in [0.3, 0.4) is 0 Å². The summed E-state index contributed by atoms with van der Waals surface area (Å²) in [5.41, 5.74) is 1.23. The lowest BCUT2D eigenvalue weighted by Gasteiger charge is -2.25.